The first-order valence-corrected chi connectivity index (χ1v) is 11.2. The van der Waals surface area contributed by atoms with Crippen LogP contribution in [0, 0.1) is 0 Å². The maximum atomic E-state index is 12.4. The fraction of sp³-hybridized carbons (Fsp3) is 0.250. The molecule has 1 aliphatic heterocycles. The minimum Gasteiger partial charge on any atom is -0.378 e. The van der Waals surface area contributed by atoms with E-state index in [9.17, 15) is 4.79 Å². The summed E-state index contributed by atoms with van der Waals surface area (Å²) in [6.45, 7) is 4.07. The summed E-state index contributed by atoms with van der Waals surface area (Å²) in [4.78, 5) is 24.0. The minimum absolute atomic E-state index is 0.185. The molecule has 10 nitrogen and oxygen atoms in total. The molecule has 3 heterocycles. The maximum Gasteiger partial charge on any atom is 0.251 e. The van der Waals surface area contributed by atoms with Gasteiger partial charge < -0.3 is 26.0 Å². The van der Waals surface area contributed by atoms with E-state index in [2.05, 4.69) is 42.8 Å². The van der Waals surface area contributed by atoms with Gasteiger partial charge in [0.15, 0.2) is 11.6 Å². The van der Waals surface area contributed by atoms with E-state index in [-0.39, 0.29) is 5.91 Å². The van der Waals surface area contributed by atoms with Crippen molar-refractivity contribution in [3.05, 3.63) is 60.3 Å². The number of nitrogens with two attached hydrogens (primary N) is 1. The first kappa shape index (κ1) is 21.8. The number of amides is 1. The standard InChI is InChI=1S/C24H26N8O2/c25-8-9-26-24(33)17-3-1-2-16(14-17)22-29-20-15-27-31-21(20)23(30-22)28-18-4-6-19(7-5-18)32-10-12-34-13-11-32/h1-7,14-15H,8-13,25H2,(H,26,33)(H,27,31)(H,28,29,30). The summed E-state index contributed by atoms with van der Waals surface area (Å²) < 4.78 is 5.44. The second kappa shape index (κ2) is 9.86. The quantitative estimate of drug-likeness (QED) is 0.331. The van der Waals surface area contributed by atoms with E-state index in [0.717, 1.165) is 43.2 Å². The molecule has 0 atom stereocenters. The average Bonchev–Trinajstić information content (AvgIpc) is 3.37. The number of nitrogens with zero attached hydrogens (tertiary/aromatic N) is 4. The monoisotopic (exact) mass is 458 g/mol. The number of aromatic amines is 1. The van der Waals surface area contributed by atoms with Crippen LogP contribution in [0.4, 0.5) is 17.2 Å². The van der Waals surface area contributed by atoms with Crippen LogP contribution in [0.1, 0.15) is 10.4 Å². The Bertz CT molecular complexity index is 1280. The molecule has 0 bridgehead atoms. The fourth-order valence-corrected chi connectivity index (χ4v) is 3.86. The Labute approximate surface area is 196 Å². The van der Waals surface area contributed by atoms with Gasteiger partial charge in [0, 0.05) is 48.7 Å². The summed E-state index contributed by atoms with van der Waals surface area (Å²) in [7, 11) is 0. The van der Waals surface area contributed by atoms with Gasteiger partial charge in [-0.1, -0.05) is 12.1 Å². The van der Waals surface area contributed by atoms with Crippen LogP contribution in [-0.4, -0.2) is 65.5 Å². The van der Waals surface area contributed by atoms with Gasteiger partial charge in [-0.15, -0.1) is 0 Å². The molecule has 0 radical (unpaired) electrons. The maximum absolute atomic E-state index is 12.4. The lowest BCUT2D eigenvalue weighted by atomic mass is 10.1. The second-order valence-corrected chi connectivity index (χ2v) is 7.92. The number of morpholine rings is 1. The van der Waals surface area contributed by atoms with Crippen molar-refractivity contribution in [3.63, 3.8) is 0 Å². The summed E-state index contributed by atoms with van der Waals surface area (Å²) >= 11 is 0. The van der Waals surface area contributed by atoms with Gasteiger partial charge in [0.25, 0.3) is 5.91 Å². The highest BCUT2D eigenvalue weighted by Crippen LogP contribution is 2.27. The topological polar surface area (TPSA) is 134 Å². The first-order chi connectivity index (χ1) is 16.7. The van der Waals surface area contributed by atoms with Crippen LogP contribution in [0.2, 0.25) is 0 Å². The molecular formula is C24H26N8O2. The molecule has 1 saturated heterocycles. The molecule has 174 valence electrons. The minimum atomic E-state index is -0.185. The Morgan fingerprint density at radius 3 is 2.74 bits per heavy atom. The summed E-state index contributed by atoms with van der Waals surface area (Å²) in [5.41, 5.74) is 10.2. The number of anilines is 3. The number of carbonyl (C=O) groups is 1. The highest BCUT2D eigenvalue weighted by molar-refractivity contribution is 5.95. The molecule has 5 N–H and O–H groups in total. The molecule has 0 saturated carbocycles. The van der Waals surface area contributed by atoms with Crippen molar-refractivity contribution >= 4 is 34.1 Å². The van der Waals surface area contributed by atoms with Crippen molar-refractivity contribution in [2.75, 3.05) is 49.6 Å². The van der Waals surface area contributed by atoms with Crippen molar-refractivity contribution in [1.29, 1.82) is 0 Å². The number of rotatable bonds is 7. The predicted molar refractivity (Wildman–Crippen MR) is 131 cm³/mol. The third-order valence-electron chi connectivity index (χ3n) is 5.62. The Morgan fingerprint density at radius 2 is 1.94 bits per heavy atom. The van der Waals surface area contributed by atoms with Crippen molar-refractivity contribution < 1.29 is 9.53 Å². The zero-order valence-corrected chi connectivity index (χ0v) is 18.6. The third-order valence-corrected chi connectivity index (χ3v) is 5.62. The van der Waals surface area contributed by atoms with E-state index < -0.39 is 0 Å². The van der Waals surface area contributed by atoms with E-state index in [1.54, 1.807) is 18.3 Å². The molecule has 2 aromatic carbocycles. The zero-order valence-electron chi connectivity index (χ0n) is 18.6. The Morgan fingerprint density at radius 1 is 1.12 bits per heavy atom. The molecule has 0 spiro atoms. The molecule has 1 amide bonds. The number of H-pyrrole nitrogens is 1. The molecule has 10 heteroatoms. The number of carbonyl (C=O) groups excluding carboxylic acids is 1. The van der Waals surface area contributed by atoms with Crippen LogP contribution in [0.15, 0.2) is 54.7 Å². The van der Waals surface area contributed by atoms with Crippen LogP contribution in [0.5, 0.6) is 0 Å². The van der Waals surface area contributed by atoms with Gasteiger partial charge >= 0.3 is 0 Å². The summed E-state index contributed by atoms with van der Waals surface area (Å²) in [5, 5.41) is 13.3. The van der Waals surface area contributed by atoms with Gasteiger partial charge in [-0.2, -0.15) is 5.10 Å². The van der Waals surface area contributed by atoms with Gasteiger partial charge in [-0.3, -0.25) is 9.89 Å². The van der Waals surface area contributed by atoms with Gasteiger partial charge in [0.2, 0.25) is 0 Å². The normalized spacial score (nSPS) is 13.7. The smallest absolute Gasteiger partial charge is 0.251 e. The van der Waals surface area contributed by atoms with E-state index >= 15 is 0 Å². The third kappa shape index (κ3) is 4.68. The van der Waals surface area contributed by atoms with Crippen LogP contribution in [-0.2, 0) is 4.74 Å². The van der Waals surface area contributed by atoms with Crippen LogP contribution < -0.4 is 21.3 Å². The van der Waals surface area contributed by atoms with Crippen molar-refractivity contribution in [2.45, 2.75) is 0 Å². The lowest BCUT2D eigenvalue weighted by molar-refractivity contribution is 0.0954. The number of hydrogen-bond donors (Lipinski definition) is 4. The van der Waals surface area contributed by atoms with E-state index in [4.69, 9.17) is 15.5 Å². The van der Waals surface area contributed by atoms with Crippen molar-refractivity contribution in [2.24, 2.45) is 5.73 Å². The van der Waals surface area contributed by atoms with Gasteiger partial charge in [0.05, 0.1) is 19.4 Å². The van der Waals surface area contributed by atoms with Crippen LogP contribution in [0.25, 0.3) is 22.4 Å². The highest BCUT2D eigenvalue weighted by Gasteiger charge is 2.14. The van der Waals surface area contributed by atoms with Crippen LogP contribution in [0.3, 0.4) is 0 Å². The van der Waals surface area contributed by atoms with Gasteiger partial charge in [-0.25, -0.2) is 9.97 Å². The molecule has 1 aliphatic rings. The number of aromatic nitrogens is 4. The zero-order chi connectivity index (χ0) is 23.3. The number of hydrogen-bond acceptors (Lipinski definition) is 8. The van der Waals surface area contributed by atoms with Gasteiger partial charge in [-0.05, 0) is 36.4 Å². The Balaban J connectivity index is 1.42. The first-order valence-electron chi connectivity index (χ1n) is 11.2. The number of benzene rings is 2. The predicted octanol–water partition coefficient (Wildman–Crippen LogP) is 2.29. The number of nitrogens with one attached hydrogen (secondary N) is 3. The molecule has 0 aliphatic carbocycles. The largest absolute Gasteiger partial charge is 0.378 e. The molecule has 2 aromatic heterocycles. The van der Waals surface area contributed by atoms with Crippen molar-refractivity contribution in [1.82, 2.24) is 25.5 Å². The lowest BCUT2D eigenvalue weighted by Gasteiger charge is -2.28. The van der Waals surface area contributed by atoms with E-state index in [1.165, 1.54) is 0 Å². The molecule has 1 fully saturated rings. The molecule has 34 heavy (non-hydrogen) atoms. The number of ether oxygens (including phenoxy) is 1. The molecule has 5 rings (SSSR count). The SMILES string of the molecule is NCCNC(=O)c1cccc(-c2nc(Nc3ccc(N4CCOCC4)cc3)c3[nH]ncc3n2)c1. The summed E-state index contributed by atoms with van der Waals surface area (Å²) in [5.74, 6) is 0.916. The molecular weight excluding hydrogens is 432 g/mol. The van der Waals surface area contributed by atoms with Crippen molar-refractivity contribution in [3.8, 4) is 11.4 Å². The van der Waals surface area contributed by atoms with Gasteiger partial charge in [0.1, 0.15) is 11.0 Å². The second-order valence-electron chi connectivity index (χ2n) is 7.92. The fourth-order valence-electron chi connectivity index (χ4n) is 3.86. The Hall–Kier alpha value is -4.02. The molecule has 0 unspecified atom stereocenters. The lowest BCUT2D eigenvalue weighted by Crippen LogP contribution is -2.36. The summed E-state index contributed by atoms with van der Waals surface area (Å²) in [6.07, 6.45) is 1.66. The average molecular weight is 459 g/mol. The number of fused-ring (bicyclic) bond motifs is 1. The summed E-state index contributed by atoms with van der Waals surface area (Å²) in [6, 6.07) is 15.4. The Kier molecular flexibility index (Phi) is 6.32. The molecule has 4 aromatic rings. The van der Waals surface area contributed by atoms with Crippen LogP contribution >= 0.6 is 0 Å². The highest BCUT2D eigenvalue weighted by atomic mass is 16.5. The van der Waals surface area contributed by atoms with E-state index in [1.807, 2.05) is 24.3 Å². The van der Waals surface area contributed by atoms with E-state index in [0.29, 0.717) is 41.3 Å².